The number of anilines is 1. The number of aryl methyl sites for hydroxylation is 1. The molecule has 3 aromatic rings. The van der Waals surface area contributed by atoms with Crippen molar-refractivity contribution < 1.29 is 19.4 Å². The maximum atomic E-state index is 11.2. The van der Waals surface area contributed by atoms with Gasteiger partial charge in [0, 0.05) is 16.7 Å². The number of carboxylic acid groups (broad SMARTS) is 1. The van der Waals surface area contributed by atoms with Crippen LogP contribution in [-0.2, 0) is 13.2 Å². The van der Waals surface area contributed by atoms with Gasteiger partial charge in [-0.2, -0.15) is 0 Å². The zero-order valence-corrected chi connectivity index (χ0v) is 18.5. The Balaban J connectivity index is 1.78. The van der Waals surface area contributed by atoms with E-state index in [1.165, 1.54) is 0 Å². The van der Waals surface area contributed by atoms with E-state index in [1.807, 2.05) is 56.3 Å². The van der Waals surface area contributed by atoms with Gasteiger partial charge in [0.15, 0.2) is 11.5 Å². The third kappa shape index (κ3) is 5.54. The van der Waals surface area contributed by atoms with E-state index in [-0.39, 0.29) is 5.56 Å². The van der Waals surface area contributed by atoms with Crippen LogP contribution in [0, 0.1) is 6.92 Å². The van der Waals surface area contributed by atoms with Crippen molar-refractivity contribution in [2.24, 2.45) is 0 Å². The number of rotatable bonds is 9. The molecule has 0 radical (unpaired) electrons. The number of benzene rings is 3. The van der Waals surface area contributed by atoms with Gasteiger partial charge in [0.2, 0.25) is 0 Å². The number of ether oxygens (including phenoxy) is 2. The van der Waals surface area contributed by atoms with E-state index in [1.54, 1.807) is 18.2 Å². The maximum Gasteiger partial charge on any atom is 0.335 e. The van der Waals surface area contributed by atoms with Gasteiger partial charge >= 0.3 is 5.97 Å². The molecule has 0 aliphatic rings. The van der Waals surface area contributed by atoms with Gasteiger partial charge in [-0.25, -0.2) is 4.79 Å². The van der Waals surface area contributed by atoms with Crippen molar-refractivity contribution in [3.05, 3.63) is 87.4 Å². The first-order chi connectivity index (χ1) is 14.5. The van der Waals surface area contributed by atoms with E-state index in [2.05, 4.69) is 21.2 Å². The summed E-state index contributed by atoms with van der Waals surface area (Å²) in [4.78, 5) is 11.2. The van der Waals surface area contributed by atoms with E-state index >= 15 is 0 Å². The maximum absolute atomic E-state index is 11.2. The number of halogens is 1. The highest BCUT2D eigenvalue weighted by atomic mass is 79.9. The minimum absolute atomic E-state index is 0.252. The second-order valence-electron chi connectivity index (χ2n) is 6.79. The molecule has 6 heteroatoms. The van der Waals surface area contributed by atoms with Crippen LogP contribution in [0.1, 0.15) is 34.0 Å². The van der Waals surface area contributed by atoms with Crippen molar-refractivity contribution in [1.82, 2.24) is 0 Å². The zero-order valence-electron chi connectivity index (χ0n) is 16.9. The van der Waals surface area contributed by atoms with Gasteiger partial charge in [-0.15, -0.1) is 0 Å². The largest absolute Gasteiger partial charge is 0.490 e. The number of carboxylic acids is 1. The number of hydrogen-bond donors (Lipinski definition) is 2. The van der Waals surface area contributed by atoms with Crippen molar-refractivity contribution in [2.75, 3.05) is 11.9 Å². The summed E-state index contributed by atoms with van der Waals surface area (Å²) in [5.74, 6) is 0.391. The molecule has 0 saturated carbocycles. The predicted molar refractivity (Wildman–Crippen MR) is 122 cm³/mol. The Hall–Kier alpha value is -2.99. The molecule has 3 aromatic carbocycles. The summed E-state index contributed by atoms with van der Waals surface area (Å²) in [5, 5.41) is 12.5. The number of aromatic carboxylic acids is 1. The molecule has 30 heavy (non-hydrogen) atoms. The lowest BCUT2D eigenvalue weighted by Crippen LogP contribution is -2.06. The molecule has 0 bridgehead atoms. The second-order valence-corrected chi connectivity index (χ2v) is 7.64. The Morgan fingerprint density at radius 2 is 1.77 bits per heavy atom. The average Bonchev–Trinajstić information content (AvgIpc) is 2.74. The summed E-state index contributed by atoms with van der Waals surface area (Å²) in [5.41, 5.74) is 4.07. The van der Waals surface area contributed by atoms with E-state index in [9.17, 15) is 9.90 Å². The van der Waals surface area contributed by atoms with Crippen molar-refractivity contribution in [3.8, 4) is 11.5 Å². The van der Waals surface area contributed by atoms with Crippen LogP contribution in [0.5, 0.6) is 11.5 Å². The predicted octanol–water partition coefficient (Wildman–Crippen LogP) is 6.05. The highest BCUT2D eigenvalue weighted by molar-refractivity contribution is 9.10. The van der Waals surface area contributed by atoms with Crippen LogP contribution in [0.25, 0.3) is 0 Å². The summed E-state index contributed by atoms with van der Waals surface area (Å²) in [7, 11) is 0. The molecule has 0 amide bonds. The lowest BCUT2D eigenvalue weighted by molar-refractivity contribution is 0.0697. The van der Waals surface area contributed by atoms with Crippen LogP contribution in [0.4, 0.5) is 5.69 Å². The monoisotopic (exact) mass is 469 g/mol. The van der Waals surface area contributed by atoms with Gasteiger partial charge in [0.25, 0.3) is 0 Å². The molecule has 156 valence electrons. The van der Waals surface area contributed by atoms with Gasteiger partial charge in [-0.05, 0) is 54.8 Å². The lowest BCUT2D eigenvalue weighted by Gasteiger charge is -2.16. The molecule has 0 fully saturated rings. The van der Waals surface area contributed by atoms with Crippen molar-refractivity contribution in [2.45, 2.75) is 27.0 Å². The quantitative estimate of drug-likeness (QED) is 0.399. The van der Waals surface area contributed by atoms with Crippen LogP contribution in [0.3, 0.4) is 0 Å². The molecule has 0 heterocycles. The third-order valence-corrected chi connectivity index (χ3v) is 5.34. The van der Waals surface area contributed by atoms with Crippen molar-refractivity contribution in [3.63, 3.8) is 0 Å². The Kier molecular flexibility index (Phi) is 7.36. The normalized spacial score (nSPS) is 10.5. The minimum Gasteiger partial charge on any atom is -0.490 e. The smallest absolute Gasteiger partial charge is 0.335 e. The molecule has 0 aliphatic heterocycles. The molecular weight excluding hydrogens is 446 g/mol. The molecule has 0 spiro atoms. The first-order valence-corrected chi connectivity index (χ1v) is 10.5. The summed E-state index contributed by atoms with van der Waals surface area (Å²) in [6.45, 7) is 5.35. The van der Waals surface area contributed by atoms with Crippen LogP contribution in [0.15, 0.2) is 65.1 Å². The number of hydrogen-bond acceptors (Lipinski definition) is 4. The van der Waals surface area contributed by atoms with Gasteiger partial charge in [0.05, 0.1) is 12.2 Å². The second kappa shape index (κ2) is 10.2. The van der Waals surface area contributed by atoms with Crippen LogP contribution in [-0.4, -0.2) is 17.7 Å². The fraction of sp³-hybridized carbons (Fsp3) is 0.208. The standard InChI is InChI=1S/C24H24BrNO4/c1-3-29-22-12-19(14-26-21-11-18(24(27)28)10-9-16(21)2)20(25)13-23(22)30-15-17-7-5-4-6-8-17/h4-13,26H,3,14-15H2,1-2H3,(H,27,28). The van der Waals surface area contributed by atoms with E-state index in [4.69, 9.17) is 9.47 Å². The van der Waals surface area contributed by atoms with Gasteiger partial charge in [-0.1, -0.05) is 52.3 Å². The van der Waals surface area contributed by atoms with Crippen LogP contribution >= 0.6 is 15.9 Å². The Bertz CT molecular complexity index is 1020. The molecular formula is C24H24BrNO4. The average molecular weight is 470 g/mol. The SMILES string of the molecule is CCOc1cc(CNc2cc(C(=O)O)ccc2C)c(Br)cc1OCc1ccccc1. The van der Waals surface area contributed by atoms with E-state index in [0.29, 0.717) is 31.3 Å². The molecule has 3 rings (SSSR count). The van der Waals surface area contributed by atoms with Crippen molar-refractivity contribution in [1.29, 1.82) is 0 Å². The molecule has 0 atom stereocenters. The molecule has 5 nitrogen and oxygen atoms in total. The lowest BCUT2D eigenvalue weighted by atomic mass is 10.1. The Morgan fingerprint density at radius 3 is 2.47 bits per heavy atom. The summed E-state index contributed by atoms with van der Waals surface area (Å²) >= 11 is 3.62. The van der Waals surface area contributed by atoms with Gasteiger partial charge < -0.3 is 19.9 Å². The fourth-order valence-corrected chi connectivity index (χ4v) is 3.43. The first-order valence-electron chi connectivity index (χ1n) is 9.67. The molecule has 0 unspecified atom stereocenters. The highest BCUT2D eigenvalue weighted by Crippen LogP contribution is 2.35. The Labute approximate surface area is 184 Å². The third-order valence-electron chi connectivity index (χ3n) is 4.60. The van der Waals surface area contributed by atoms with E-state index in [0.717, 1.165) is 26.9 Å². The summed E-state index contributed by atoms with van der Waals surface area (Å²) in [6.07, 6.45) is 0. The van der Waals surface area contributed by atoms with Crippen LogP contribution in [0.2, 0.25) is 0 Å². The van der Waals surface area contributed by atoms with Crippen LogP contribution < -0.4 is 14.8 Å². The zero-order chi connectivity index (χ0) is 21.5. The molecule has 0 saturated heterocycles. The number of nitrogens with one attached hydrogen (secondary N) is 1. The topological polar surface area (TPSA) is 67.8 Å². The first kappa shape index (κ1) is 21.7. The summed E-state index contributed by atoms with van der Waals surface area (Å²) < 4.78 is 12.7. The summed E-state index contributed by atoms with van der Waals surface area (Å²) in [6, 6.07) is 18.9. The van der Waals surface area contributed by atoms with E-state index < -0.39 is 5.97 Å². The van der Waals surface area contributed by atoms with Crippen molar-refractivity contribution >= 4 is 27.6 Å². The molecule has 0 aliphatic carbocycles. The number of carbonyl (C=O) groups is 1. The fourth-order valence-electron chi connectivity index (χ4n) is 2.97. The molecule has 2 N–H and O–H groups in total. The Morgan fingerprint density at radius 1 is 1.03 bits per heavy atom. The highest BCUT2D eigenvalue weighted by Gasteiger charge is 2.12. The molecule has 0 aromatic heterocycles. The van der Waals surface area contributed by atoms with Gasteiger partial charge in [-0.3, -0.25) is 0 Å². The minimum atomic E-state index is -0.946. The van der Waals surface area contributed by atoms with Gasteiger partial charge in [0.1, 0.15) is 6.61 Å².